The van der Waals surface area contributed by atoms with Gasteiger partial charge in [-0.25, -0.2) is 0 Å². The summed E-state index contributed by atoms with van der Waals surface area (Å²) in [5.74, 6) is 0. The van der Waals surface area contributed by atoms with Crippen LogP contribution in [-0.4, -0.2) is 45.3 Å². The highest BCUT2D eigenvalue weighted by molar-refractivity contribution is 5.78. The average Bonchev–Trinajstić information content (AvgIpc) is 2.86. The van der Waals surface area contributed by atoms with Crippen LogP contribution in [0.25, 0.3) is 10.9 Å². The molecule has 0 saturated carbocycles. The van der Waals surface area contributed by atoms with Crippen LogP contribution in [0.1, 0.15) is 31.2 Å². The van der Waals surface area contributed by atoms with Crippen molar-refractivity contribution in [3.8, 4) is 6.07 Å². The van der Waals surface area contributed by atoms with Crippen molar-refractivity contribution in [2.75, 3.05) is 19.6 Å². The molecule has 1 aliphatic rings. The van der Waals surface area contributed by atoms with E-state index >= 15 is 0 Å². The van der Waals surface area contributed by atoms with Gasteiger partial charge in [0, 0.05) is 12.7 Å². The van der Waals surface area contributed by atoms with Crippen LogP contribution < -0.4 is 11.1 Å². The lowest BCUT2D eigenvalue weighted by Gasteiger charge is -2.23. The van der Waals surface area contributed by atoms with E-state index in [2.05, 4.69) is 9.88 Å². The second-order valence-corrected chi connectivity index (χ2v) is 6.59. The van der Waals surface area contributed by atoms with E-state index in [-0.39, 0.29) is 23.1 Å². The smallest absolute Gasteiger partial charge is 0.266 e. The highest BCUT2D eigenvalue weighted by atomic mass is 16.3. The molecule has 3 rings (SSSR count). The minimum absolute atomic E-state index is 0.0903. The second-order valence-electron chi connectivity index (χ2n) is 6.59. The first-order chi connectivity index (χ1) is 12.1. The number of H-pyrrole nitrogens is 1. The number of nitrogens with one attached hydrogen (secondary N) is 1. The fourth-order valence-corrected chi connectivity index (χ4v) is 3.37. The van der Waals surface area contributed by atoms with Crippen LogP contribution in [0.15, 0.2) is 27.9 Å². The predicted molar refractivity (Wildman–Crippen MR) is 94.5 cm³/mol. The molecule has 0 amide bonds. The highest BCUT2D eigenvalue weighted by Gasteiger charge is 2.15. The number of aromatic amines is 1. The van der Waals surface area contributed by atoms with Crippen molar-refractivity contribution < 1.29 is 5.11 Å². The Kier molecular flexibility index (Phi) is 5.31. The van der Waals surface area contributed by atoms with Crippen molar-refractivity contribution >= 4 is 10.9 Å². The molecule has 0 bridgehead atoms. The Balaban J connectivity index is 1.80. The summed E-state index contributed by atoms with van der Waals surface area (Å²) in [7, 11) is 0. The SMILES string of the molecule is N#Cc1cc2c(=O)n(C[C@H](O)CN3CCCCCC3)ccc2[nH]c1=O. The quantitative estimate of drug-likeness (QED) is 0.855. The molecule has 7 nitrogen and oxygen atoms in total. The summed E-state index contributed by atoms with van der Waals surface area (Å²) in [5.41, 5.74) is -0.520. The molecule has 2 N–H and O–H groups in total. The van der Waals surface area contributed by atoms with E-state index in [4.69, 9.17) is 5.26 Å². The normalized spacial score (nSPS) is 17.1. The number of likely N-dealkylation sites (tertiary alicyclic amines) is 1. The van der Waals surface area contributed by atoms with E-state index in [1.165, 1.54) is 23.5 Å². The van der Waals surface area contributed by atoms with Crippen molar-refractivity contribution in [3.63, 3.8) is 0 Å². The standard InChI is InChI=1S/C18H22N4O3/c19-10-13-9-15-16(20-17(13)24)5-8-22(18(15)25)12-14(23)11-21-6-3-1-2-4-7-21/h5,8-9,14,23H,1-4,6-7,11-12H2,(H,20,24)/t14-/m1/s1. The summed E-state index contributed by atoms with van der Waals surface area (Å²) in [6, 6.07) is 4.72. The average molecular weight is 342 g/mol. The van der Waals surface area contributed by atoms with Gasteiger partial charge >= 0.3 is 0 Å². The predicted octanol–water partition coefficient (Wildman–Crippen LogP) is 0.798. The van der Waals surface area contributed by atoms with Crippen LogP contribution >= 0.6 is 0 Å². The lowest BCUT2D eigenvalue weighted by atomic mass is 10.2. The maximum Gasteiger partial charge on any atom is 0.266 e. The van der Waals surface area contributed by atoms with E-state index < -0.39 is 11.7 Å². The van der Waals surface area contributed by atoms with Gasteiger partial charge in [0.2, 0.25) is 0 Å². The fraction of sp³-hybridized carbons (Fsp3) is 0.500. The number of rotatable bonds is 4. The Labute approximate surface area is 145 Å². The number of nitriles is 1. The summed E-state index contributed by atoms with van der Waals surface area (Å²) >= 11 is 0. The number of β-amino-alcohol motifs (C(OH)–C–C–N with tert-alkyl or cyclic N) is 1. The molecule has 1 saturated heterocycles. The van der Waals surface area contributed by atoms with Crippen molar-refractivity contribution in [1.82, 2.24) is 14.5 Å². The number of pyridine rings is 2. The zero-order chi connectivity index (χ0) is 17.8. The zero-order valence-corrected chi connectivity index (χ0v) is 14.1. The molecular formula is C18H22N4O3. The molecular weight excluding hydrogens is 320 g/mol. The van der Waals surface area contributed by atoms with Crippen LogP contribution in [0.5, 0.6) is 0 Å². The second kappa shape index (κ2) is 7.64. The number of aliphatic hydroxyl groups is 1. The monoisotopic (exact) mass is 342 g/mol. The van der Waals surface area contributed by atoms with Crippen molar-refractivity contribution in [1.29, 1.82) is 5.26 Å². The molecule has 0 radical (unpaired) electrons. The number of hydrogen-bond donors (Lipinski definition) is 2. The number of nitrogens with zero attached hydrogens (tertiary/aromatic N) is 3. The number of aliphatic hydroxyl groups excluding tert-OH is 1. The minimum atomic E-state index is -0.647. The summed E-state index contributed by atoms with van der Waals surface area (Å²) in [6.45, 7) is 2.69. The molecule has 7 heteroatoms. The van der Waals surface area contributed by atoms with Crippen molar-refractivity contribution in [2.45, 2.75) is 38.3 Å². The Bertz CT molecular complexity index is 901. The maximum absolute atomic E-state index is 12.6. The molecule has 132 valence electrons. The van der Waals surface area contributed by atoms with Crippen LogP contribution in [0.4, 0.5) is 0 Å². The molecule has 2 aromatic rings. The van der Waals surface area contributed by atoms with Gasteiger partial charge in [0.15, 0.2) is 0 Å². The van der Waals surface area contributed by atoms with Crippen LogP contribution in [0.2, 0.25) is 0 Å². The first-order valence-corrected chi connectivity index (χ1v) is 8.65. The van der Waals surface area contributed by atoms with Crippen molar-refractivity contribution in [2.24, 2.45) is 0 Å². The summed E-state index contributed by atoms with van der Waals surface area (Å²) in [6.07, 6.45) is 5.68. The molecule has 0 spiro atoms. The molecule has 1 aliphatic heterocycles. The van der Waals surface area contributed by atoms with Gasteiger partial charge in [0.25, 0.3) is 11.1 Å². The van der Waals surface area contributed by atoms with Crippen LogP contribution in [0.3, 0.4) is 0 Å². The first kappa shape index (κ1) is 17.4. The number of hydrogen-bond acceptors (Lipinski definition) is 5. The highest BCUT2D eigenvalue weighted by Crippen LogP contribution is 2.11. The summed E-state index contributed by atoms with van der Waals surface area (Å²) < 4.78 is 1.43. The Morgan fingerprint density at radius 1 is 1.20 bits per heavy atom. The number of fused-ring (bicyclic) bond motifs is 1. The van der Waals surface area contributed by atoms with Gasteiger partial charge in [-0.15, -0.1) is 0 Å². The molecule has 3 heterocycles. The van der Waals surface area contributed by atoms with Gasteiger partial charge in [0.1, 0.15) is 11.6 Å². The summed E-state index contributed by atoms with van der Waals surface area (Å²) in [4.78, 5) is 29.0. The number of aromatic nitrogens is 2. The molecule has 1 atom stereocenters. The van der Waals surface area contributed by atoms with E-state index in [9.17, 15) is 14.7 Å². The first-order valence-electron chi connectivity index (χ1n) is 8.65. The van der Waals surface area contributed by atoms with Crippen molar-refractivity contribution in [3.05, 3.63) is 44.6 Å². The molecule has 2 aromatic heterocycles. The van der Waals surface area contributed by atoms with Gasteiger partial charge in [-0.2, -0.15) is 5.26 Å². The van der Waals surface area contributed by atoms with E-state index in [1.54, 1.807) is 18.3 Å². The van der Waals surface area contributed by atoms with Crippen LogP contribution in [-0.2, 0) is 6.54 Å². The topological polar surface area (TPSA) is 102 Å². The van der Waals surface area contributed by atoms with E-state index in [1.807, 2.05) is 0 Å². The zero-order valence-electron chi connectivity index (χ0n) is 14.1. The van der Waals surface area contributed by atoms with Crippen LogP contribution in [0, 0.1) is 11.3 Å². The lowest BCUT2D eigenvalue weighted by molar-refractivity contribution is 0.0989. The summed E-state index contributed by atoms with van der Waals surface area (Å²) in [5, 5.41) is 19.6. The Hall–Kier alpha value is -2.43. The molecule has 0 unspecified atom stereocenters. The molecule has 1 fully saturated rings. The van der Waals surface area contributed by atoms with Gasteiger partial charge in [-0.1, -0.05) is 12.8 Å². The molecule has 25 heavy (non-hydrogen) atoms. The minimum Gasteiger partial charge on any atom is -0.390 e. The molecule has 0 aliphatic carbocycles. The largest absolute Gasteiger partial charge is 0.390 e. The molecule has 0 aromatic carbocycles. The van der Waals surface area contributed by atoms with E-state index in [0.29, 0.717) is 12.1 Å². The maximum atomic E-state index is 12.6. The van der Waals surface area contributed by atoms with E-state index in [0.717, 1.165) is 25.9 Å². The fourth-order valence-electron chi connectivity index (χ4n) is 3.37. The third-order valence-corrected chi connectivity index (χ3v) is 4.68. The third-order valence-electron chi connectivity index (χ3n) is 4.68. The Morgan fingerprint density at radius 2 is 1.92 bits per heavy atom. The Morgan fingerprint density at radius 3 is 2.60 bits per heavy atom. The van der Waals surface area contributed by atoms with Gasteiger partial charge in [0.05, 0.1) is 23.6 Å². The third kappa shape index (κ3) is 3.98. The van der Waals surface area contributed by atoms with Gasteiger partial charge in [-0.3, -0.25) is 9.59 Å². The van der Waals surface area contributed by atoms with Gasteiger partial charge in [-0.05, 0) is 38.1 Å². The lowest BCUT2D eigenvalue weighted by Crippen LogP contribution is -2.37. The van der Waals surface area contributed by atoms with Gasteiger partial charge < -0.3 is 19.6 Å².